The Hall–Kier alpha value is -1.58. The molecular formula is C12H19N3O. The summed E-state index contributed by atoms with van der Waals surface area (Å²) >= 11 is 0. The van der Waals surface area contributed by atoms with Gasteiger partial charge in [0.05, 0.1) is 0 Å². The lowest BCUT2D eigenvalue weighted by Gasteiger charge is -2.08. The first kappa shape index (κ1) is 12.5. The van der Waals surface area contributed by atoms with Crippen molar-refractivity contribution in [2.75, 3.05) is 18.9 Å². The van der Waals surface area contributed by atoms with Crippen molar-refractivity contribution >= 4 is 11.6 Å². The van der Waals surface area contributed by atoms with Gasteiger partial charge in [-0.1, -0.05) is 13.8 Å². The molecule has 1 amide bonds. The quantitative estimate of drug-likeness (QED) is 0.798. The van der Waals surface area contributed by atoms with Gasteiger partial charge < -0.3 is 10.6 Å². The molecule has 0 saturated carbocycles. The Balaban J connectivity index is 2.57. The molecule has 16 heavy (non-hydrogen) atoms. The van der Waals surface area contributed by atoms with E-state index in [9.17, 15) is 4.79 Å². The minimum atomic E-state index is -0.160. The number of carbonyl (C=O) groups is 1. The van der Waals surface area contributed by atoms with Crippen LogP contribution in [-0.4, -0.2) is 24.5 Å². The number of aromatic nitrogens is 1. The number of hydrogen-bond acceptors (Lipinski definition) is 3. The summed E-state index contributed by atoms with van der Waals surface area (Å²) in [4.78, 5) is 15.3. The van der Waals surface area contributed by atoms with E-state index in [4.69, 9.17) is 0 Å². The van der Waals surface area contributed by atoms with E-state index in [2.05, 4.69) is 29.5 Å². The second-order valence-corrected chi connectivity index (χ2v) is 4.12. The van der Waals surface area contributed by atoms with Gasteiger partial charge in [-0.2, -0.15) is 0 Å². The predicted octanol–water partition coefficient (Wildman–Crippen LogP) is 1.90. The Morgan fingerprint density at radius 1 is 1.50 bits per heavy atom. The van der Waals surface area contributed by atoms with Crippen LogP contribution in [0.25, 0.3) is 0 Å². The molecule has 0 spiro atoms. The van der Waals surface area contributed by atoms with Crippen LogP contribution in [0.5, 0.6) is 0 Å². The Kier molecular flexibility index (Phi) is 4.76. The molecular weight excluding hydrogens is 202 g/mol. The van der Waals surface area contributed by atoms with Gasteiger partial charge >= 0.3 is 0 Å². The average Bonchev–Trinajstić information content (AvgIpc) is 2.28. The lowest BCUT2D eigenvalue weighted by molar-refractivity contribution is 0.0958. The Morgan fingerprint density at radius 2 is 2.25 bits per heavy atom. The zero-order chi connectivity index (χ0) is 12.0. The van der Waals surface area contributed by atoms with Crippen LogP contribution in [0.15, 0.2) is 18.3 Å². The third-order valence-electron chi connectivity index (χ3n) is 2.27. The SMILES string of the molecule is CNC(=O)c1cc(NCCC(C)C)ccn1. The molecule has 2 N–H and O–H groups in total. The molecule has 0 aliphatic rings. The van der Waals surface area contributed by atoms with Crippen molar-refractivity contribution in [2.45, 2.75) is 20.3 Å². The smallest absolute Gasteiger partial charge is 0.269 e. The van der Waals surface area contributed by atoms with Crippen molar-refractivity contribution in [1.29, 1.82) is 0 Å². The summed E-state index contributed by atoms with van der Waals surface area (Å²) in [6.07, 6.45) is 2.75. The van der Waals surface area contributed by atoms with Gasteiger partial charge in [-0.15, -0.1) is 0 Å². The van der Waals surface area contributed by atoms with Crippen LogP contribution in [0, 0.1) is 5.92 Å². The highest BCUT2D eigenvalue weighted by molar-refractivity contribution is 5.92. The third-order valence-corrected chi connectivity index (χ3v) is 2.27. The minimum absolute atomic E-state index is 0.160. The molecule has 4 nitrogen and oxygen atoms in total. The third kappa shape index (κ3) is 3.88. The molecule has 4 heteroatoms. The van der Waals surface area contributed by atoms with Crippen molar-refractivity contribution < 1.29 is 4.79 Å². The second-order valence-electron chi connectivity index (χ2n) is 4.12. The van der Waals surface area contributed by atoms with Gasteiger partial charge in [-0.05, 0) is 24.5 Å². The zero-order valence-electron chi connectivity index (χ0n) is 10.1. The topological polar surface area (TPSA) is 54.0 Å². The average molecular weight is 221 g/mol. The van der Waals surface area contributed by atoms with Crippen molar-refractivity contribution in [3.05, 3.63) is 24.0 Å². The molecule has 0 aliphatic heterocycles. The fraction of sp³-hybridized carbons (Fsp3) is 0.500. The minimum Gasteiger partial charge on any atom is -0.385 e. The van der Waals surface area contributed by atoms with Crippen LogP contribution in [0.3, 0.4) is 0 Å². The highest BCUT2D eigenvalue weighted by Gasteiger charge is 2.04. The van der Waals surface area contributed by atoms with E-state index in [0.29, 0.717) is 11.6 Å². The number of rotatable bonds is 5. The van der Waals surface area contributed by atoms with E-state index in [1.165, 1.54) is 0 Å². The molecule has 0 radical (unpaired) electrons. The van der Waals surface area contributed by atoms with Gasteiger partial charge in [0.2, 0.25) is 0 Å². The number of anilines is 1. The van der Waals surface area contributed by atoms with Crippen molar-refractivity contribution in [3.63, 3.8) is 0 Å². The number of amides is 1. The largest absolute Gasteiger partial charge is 0.385 e. The number of pyridine rings is 1. The Labute approximate surface area is 96.5 Å². The maximum absolute atomic E-state index is 11.3. The lowest BCUT2D eigenvalue weighted by Crippen LogP contribution is -2.19. The summed E-state index contributed by atoms with van der Waals surface area (Å²) in [5, 5.41) is 5.83. The van der Waals surface area contributed by atoms with Gasteiger partial charge in [0.25, 0.3) is 5.91 Å². The molecule has 1 aromatic rings. The highest BCUT2D eigenvalue weighted by atomic mass is 16.1. The summed E-state index contributed by atoms with van der Waals surface area (Å²) in [5.41, 5.74) is 1.38. The molecule has 0 unspecified atom stereocenters. The van der Waals surface area contributed by atoms with Gasteiger partial charge in [-0.25, -0.2) is 0 Å². The summed E-state index contributed by atoms with van der Waals surface area (Å²) in [6, 6.07) is 3.63. The number of hydrogen-bond donors (Lipinski definition) is 2. The highest BCUT2D eigenvalue weighted by Crippen LogP contribution is 2.09. The first-order valence-electron chi connectivity index (χ1n) is 5.55. The number of carbonyl (C=O) groups excluding carboxylic acids is 1. The van der Waals surface area contributed by atoms with Crippen LogP contribution in [0.2, 0.25) is 0 Å². The fourth-order valence-electron chi connectivity index (χ4n) is 1.30. The van der Waals surface area contributed by atoms with Crippen LogP contribution < -0.4 is 10.6 Å². The molecule has 0 aromatic carbocycles. The summed E-state index contributed by atoms with van der Waals surface area (Å²) in [5.74, 6) is 0.514. The maximum Gasteiger partial charge on any atom is 0.269 e. The molecule has 1 heterocycles. The van der Waals surface area contributed by atoms with Gasteiger partial charge in [0.1, 0.15) is 5.69 Å². The molecule has 0 fully saturated rings. The van der Waals surface area contributed by atoms with E-state index < -0.39 is 0 Å². The fourth-order valence-corrected chi connectivity index (χ4v) is 1.30. The molecule has 0 bridgehead atoms. The number of nitrogens with one attached hydrogen (secondary N) is 2. The second kappa shape index (κ2) is 6.10. The Morgan fingerprint density at radius 3 is 2.88 bits per heavy atom. The summed E-state index contributed by atoms with van der Waals surface area (Å²) in [6.45, 7) is 5.28. The molecule has 1 rings (SSSR count). The van der Waals surface area contributed by atoms with Crippen molar-refractivity contribution in [2.24, 2.45) is 5.92 Å². The van der Waals surface area contributed by atoms with Crippen LogP contribution in [-0.2, 0) is 0 Å². The first-order chi connectivity index (χ1) is 7.63. The van der Waals surface area contributed by atoms with Gasteiger partial charge in [-0.3, -0.25) is 9.78 Å². The molecule has 0 saturated heterocycles. The summed E-state index contributed by atoms with van der Waals surface area (Å²) in [7, 11) is 1.60. The predicted molar refractivity (Wildman–Crippen MR) is 65.6 cm³/mol. The molecule has 0 aliphatic carbocycles. The van der Waals surface area contributed by atoms with Gasteiger partial charge in [0, 0.05) is 25.5 Å². The number of nitrogens with zero attached hydrogens (tertiary/aromatic N) is 1. The monoisotopic (exact) mass is 221 g/mol. The Bertz CT molecular complexity index is 350. The maximum atomic E-state index is 11.3. The van der Waals surface area contributed by atoms with Crippen LogP contribution in [0.4, 0.5) is 5.69 Å². The van der Waals surface area contributed by atoms with E-state index >= 15 is 0 Å². The van der Waals surface area contributed by atoms with E-state index in [1.54, 1.807) is 19.3 Å². The van der Waals surface area contributed by atoms with Crippen LogP contribution >= 0.6 is 0 Å². The molecule has 88 valence electrons. The van der Waals surface area contributed by atoms with E-state index in [0.717, 1.165) is 18.7 Å². The van der Waals surface area contributed by atoms with E-state index in [1.807, 2.05) is 6.07 Å². The van der Waals surface area contributed by atoms with Crippen LogP contribution in [0.1, 0.15) is 30.8 Å². The van der Waals surface area contributed by atoms with Crippen molar-refractivity contribution in [1.82, 2.24) is 10.3 Å². The molecule has 0 atom stereocenters. The zero-order valence-corrected chi connectivity index (χ0v) is 10.1. The normalized spacial score (nSPS) is 10.2. The van der Waals surface area contributed by atoms with E-state index in [-0.39, 0.29) is 5.91 Å². The standard InChI is InChI=1S/C12H19N3O/c1-9(2)4-6-14-10-5-7-15-11(8-10)12(16)13-3/h5,7-9H,4,6H2,1-3H3,(H,13,16)(H,14,15). The van der Waals surface area contributed by atoms with Crippen molar-refractivity contribution in [3.8, 4) is 0 Å². The summed E-state index contributed by atoms with van der Waals surface area (Å²) < 4.78 is 0. The molecule has 1 aromatic heterocycles. The van der Waals surface area contributed by atoms with Gasteiger partial charge in [0.15, 0.2) is 0 Å². The first-order valence-corrected chi connectivity index (χ1v) is 5.55. The lowest BCUT2D eigenvalue weighted by atomic mass is 10.1.